The summed E-state index contributed by atoms with van der Waals surface area (Å²) >= 11 is 0. The van der Waals surface area contributed by atoms with E-state index in [1.165, 1.54) is 0 Å². The maximum absolute atomic E-state index is 13.1. The van der Waals surface area contributed by atoms with Crippen LogP contribution in [0.4, 0.5) is 8.78 Å². The third-order valence-electron chi connectivity index (χ3n) is 3.57. The van der Waals surface area contributed by atoms with Gasteiger partial charge in [0.15, 0.2) is 0 Å². The summed E-state index contributed by atoms with van der Waals surface area (Å²) in [7, 11) is 0. The van der Waals surface area contributed by atoms with Crippen molar-refractivity contribution in [3.8, 4) is 5.75 Å². The van der Waals surface area contributed by atoms with E-state index >= 15 is 0 Å². The summed E-state index contributed by atoms with van der Waals surface area (Å²) in [5.41, 5.74) is 0.680. The van der Waals surface area contributed by atoms with Crippen LogP contribution in [0.1, 0.15) is 22.0 Å². The highest BCUT2D eigenvalue weighted by Gasteiger charge is 2.25. The second-order valence-electron chi connectivity index (χ2n) is 5.31. The second-order valence-corrected chi connectivity index (χ2v) is 5.31. The average molecular weight is 332 g/mol. The van der Waals surface area contributed by atoms with Crippen LogP contribution >= 0.6 is 0 Å². The molecule has 0 saturated carbocycles. The highest BCUT2D eigenvalue weighted by atomic mass is 19.1. The minimum absolute atomic E-state index is 0.185. The van der Waals surface area contributed by atoms with Gasteiger partial charge < -0.3 is 15.4 Å². The maximum atomic E-state index is 13.1. The highest BCUT2D eigenvalue weighted by molar-refractivity contribution is 5.96. The minimum atomic E-state index is -0.857. The first-order chi connectivity index (χ1) is 11.5. The molecule has 2 N–H and O–H groups in total. The van der Waals surface area contributed by atoms with Gasteiger partial charge in [0.05, 0.1) is 12.6 Å². The second kappa shape index (κ2) is 6.66. The first-order valence-electron chi connectivity index (χ1n) is 7.28. The van der Waals surface area contributed by atoms with Crippen LogP contribution in [0.2, 0.25) is 0 Å². The summed E-state index contributed by atoms with van der Waals surface area (Å²) in [5.74, 6) is -2.16. The van der Waals surface area contributed by atoms with Gasteiger partial charge in [0.1, 0.15) is 24.0 Å². The number of fused-ring (bicyclic) bond motifs is 1. The van der Waals surface area contributed by atoms with E-state index in [1.807, 2.05) is 24.3 Å². The van der Waals surface area contributed by atoms with Gasteiger partial charge in [-0.3, -0.25) is 9.59 Å². The lowest BCUT2D eigenvalue weighted by molar-refractivity contribution is -0.120. The molecule has 0 radical (unpaired) electrons. The van der Waals surface area contributed by atoms with Crippen molar-refractivity contribution in [2.75, 3.05) is 13.2 Å². The van der Waals surface area contributed by atoms with Crippen molar-refractivity contribution in [2.24, 2.45) is 0 Å². The molecular weight excluding hydrogens is 318 g/mol. The molecular formula is C17H14F2N2O3. The number of halogens is 2. The lowest BCUT2D eigenvalue weighted by atomic mass is 10.1. The molecule has 1 aliphatic rings. The molecule has 2 amide bonds. The van der Waals surface area contributed by atoms with Gasteiger partial charge in [-0.05, 0) is 18.2 Å². The first-order valence-corrected chi connectivity index (χ1v) is 7.28. The molecule has 1 aliphatic heterocycles. The van der Waals surface area contributed by atoms with Crippen LogP contribution in [-0.4, -0.2) is 25.0 Å². The molecule has 0 fully saturated rings. The minimum Gasteiger partial charge on any atom is -0.491 e. The van der Waals surface area contributed by atoms with E-state index < -0.39 is 23.4 Å². The van der Waals surface area contributed by atoms with Crippen LogP contribution in [0.5, 0.6) is 5.75 Å². The number of carbonyl (C=O) groups is 2. The van der Waals surface area contributed by atoms with Gasteiger partial charge in [-0.1, -0.05) is 18.2 Å². The van der Waals surface area contributed by atoms with Crippen LogP contribution in [0.3, 0.4) is 0 Å². The number of benzene rings is 2. The lowest BCUT2D eigenvalue weighted by Crippen LogP contribution is -2.39. The fourth-order valence-corrected chi connectivity index (χ4v) is 2.48. The van der Waals surface area contributed by atoms with Crippen molar-refractivity contribution >= 4 is 11.8 Å². The molecule has 1 atom stereocenters. The zero-order chi connectivity index (χ0) is 17.1. The van der Waals surface area contributed by atoms with Gasteiger partial charge in [-0.2, -0.15) is 0 Å². The predicted octanol–water partition coefficient (Wildman–Crippen LogP) is 1.94. The number of para-hydroxylation sites is 1. The third-order valence-corrected chi connectivity index (χ3v) is 3.57. The monoisotopic (exact) mass is 332 g/mol. The van der Waals surface area contributed by atoms with Gasteiger partial charge in [-0.25, -0.2) is 8.78 Å². The number of carbonyl (C=O) groups excluding carboxylic acids is 2. The molecule has 3 rings (SSSR count). The molecule has 124 valence electrons. The van der Waals surface area contributed by atoms with E-state index in [0.29, 0.717) is 18.4 Å². The molecule has 7 heteroatoms. The molecule has 0 unspecified atom stereocenters. The van der Waals surface area contributed by atoms with E-state index in [9.17, 15) is 18.4 Å². The molecule has 0 aliphatic carbocycles. The smallest absolute Gasteiger partial charge is 0.251 e. The number of rotatable bonds is 4. The summed E-state index contributed by atoms with van der Waals surface area (Å²) in [6.07, 6.45) is 0. The number of nitrogens with one attached hydrogen (secondary N) is 2. The van der Waals surface area contributed by atoms with Gasteiger partial charge in [0, 0.05) is 17.2 Å². The van der Waals surface area contributed by atoms with Crippen LogP contribution in [0.15, 0.2) is 42.5 Å². The SMILES string of the molecule is O=C(CNC(=O)c1cc(F)cc(F)c1)N[C@H]1COc2ccccc21. The summed E-state index contributed by atoms with van der Waals surface area (Å²) in [4.78, 5) is 23.8. The van der Waals surface area contributed by atoms with Crippen molar-refractivity contribution in [2.45, 2.75) is 6.04 Å². The zero-order valence-corrected chi connectivity index (χ0v) is 12.5. The van der Waals surface area contributed by atoms with Gasteiger partial charge in [-0.15, -0.1) is 0 Å². The summed E-state index contributed by atoms with van der Waals surface area (Å²) in [6.45, 7) is 0.00374. The Morgan fingerprint density at radius 3 is 2.58 bits per heavy atom. The molecule has 0 aromatic heterocycles. The van der Waals surface area contributed by atoms with E-state index in [4.69, 9.17) is 4.74 Å². The standard InChI is InChI=1S/C17H14F2N2O3/c18-11-5-10(6-12(19)7-11)17(23)20-8-16(22)21-14-9-24-15-4-2-1-3-13(14)15/h1-7,14H,8-9H2,(H,20,23)(H,21,22)/t14-/m0/s1. The molecule has 0 saturated heterocycles. The maximum Gasteiger partial charge on any atom is 0.251 e. The third kappa shape index (κ3) is 3.51. The predicted molar refractivity (Wildman–Crippen MR) is 81.5 cm³/mol. The van der Waals surface area contributed by atoms with Gasteiger partial charge in [0.25, 0.3) is 5.91 Å². The Bertz CT molecular complexity index is 775. The van der Waals surface area contributed by atoms with E-state index in [2.05, 4.69) is 10.6 Å². The molecule has 0 spiro atoms. The molecule has 24 heavy (non-hydrogen) atoms. The average Bonchev–Trinajstić information content (AvgIpc) is 2.95. The number of ether oxygens (including phenoxy) is 1. The van der Waals surface area contributed by atoms with E-state index in [1.54, 1.807) is 0 Å². The lowest BCUT2D eigenvalue weighted by Gasteiger charge is -2.12. The van der Waals surface area contributed by atoms with Gasteiger partial charge in [0.2, 0.25) is 5.91 Å². The van der Waals surface area contributed by atoms with Crippen molar-refractivity contribution in [1.82, 2.24) is 10.6 Å². The van der Waals surface area contributed by atoms with Crippen LogP contribution < -0.4 is 15.4 Å². The zero-order valence-electron chi connectivity index (χ0n) is 12.5. The number of hydrogen-bond donors (Lipinski definition) is 2. The van der Waals surface area contributed by atoms with Crippen molar-refractivity contribution in [3.63, 3.8) is 0 Å². The normalized spacial score (nSPS) is 15.3. The highest BCUT2D eigenvalue weighted by Crippen LogP contribution is 2.31. The Morgan fingerprint density at radius 2 is 1.83 bits per heavy atom. The fourth-order valence-electron chi connectivity index (χ4n) is 2.48. The Hall–Kier alpha value is -2.96. The number of hydrogen-bond acceptors (Lipinski definition) is 3. The van der Waals surface area contributed by atoms with E-state index in [-0.39, 0.29) is 18.2 Å². The molecule has 5 nitrogen and oxygen atoms in total. The van der Waals surface area contributed by atoms with Crippen molar-refractivity contribution in [3.05, 3.63) is 65.2 Å². The van der Waals surface area contributed by atoms with Crippen molar-refractivity contribution < 1.29 is 23.1 Å². The largest absolute Gasteiger partial charge is 0.491 e. The molecule has 2 aromatic carbocycles. The van der Waals surface area contributed by atoms with Crippen molar-refractivity contribution in [1.29, 1.82) is 0 Å². The number of amides is 2. The molecule has 2 aromatic rings. The molecule has 0 bridgehead atoms. The molecule has 1 heterocycles. The summed E-state index contributed by atoms with van der Waals surface area (Å²) < 4.78 is 31.6. The quantitative estimate of drug-likeness (QED) is 0.899. The van der Waals surface area contributed by atoms with Crippen LogP contribution in [0, 0.1) is 11.6 Å². The summed E-state index contributed by atoms with van der Waals surface area (Å²) in [5, 5.41) is 5.06. The van der Waals surface area contributed by atoms with Crippen LogP contribution in [0.25, 0.3) is 0 Å². The summed E-state index contributed by atoms with van der Waals surface area (Å²) in [6, 6.07) is 9.50. The van der Waals surface area contributed by atoms with Gasteiger partial charge >= 0.3 is 0 Å². The first kappa shape index (κ1) is 15.9. The Kier molecular flexibility index (Phi) is 4.41. The topological polar surface area (TPSA) is 67.4 Å². The van der Waals surface area contributed by atoms with Crippen LogP contribution in [-0.2, 0) is 4.79 Å². The van der Waals surface area contributed by atoms with E-state index in [0.717, 1.165) is 17.7 Å². The Morgan fingerprint density at radius 1 is 1.12 bits per heavy atom. The Labute approximate surface area is 136 Å². The fraction of sp³-hybridized carbons (Fsp3) is 0.176. The Balaban J connectivity index is 1.55.